The number of halogens is 1. The second kappa shape index (κ2) is 5.25. The summed E-state index contributed by atoms with van der Waals surface area (Å²) in [5.74, 6) is -0.251. The maximum Gasteiger partial charge on any atom is 0.353 e. The average Bonchev–Trinajstić information content (AvgIpc) is 2.40. The highest BCUT2D eigenvalue weighted by atomic mass is 19.1. The molecule has 0 saturated heterocycles. The maximum atomic E-state index is 12.8. The van der Waals surface area contributed by atoms with Crippen LogP contribution in [0.5, 0.6) is 0 Å². The molecule has 0 unspecified atom stereocenters. The predicted molar refractivity (Wildman–Crippen MR) is 67.9 cm³/mol. The largest absolute Gasteiger partial charge is 0.367 e. The van der Waals surface area contributed by atoms with Gasteiger partial charge in [0, 0.05) is 12.7 Å². The van der Waals surface area contributed by atoms with Gasteiger partial charge in [0.2, 0.25) is 11.6 Å². The lowest BCUT2D eigenvalue weighted by Gasteiger charge is -2.07. The summed E-state index contributed by atoms with van der Waals surface area (Å²) in [5, 5.41) is 16.4. The number of nitrogens with one attached hydrogen (secondary N) is 2. The molecule has 0 fully saturated rings. The van der Waals surface area contributed by atoms with Crippen molar-refractivity contribution in [1.29, 1.82) is 0 Å². The van der Waals surface area contributed by atoms with E-state index in [1.54, 1.807) is 0 Å². The SMILES string of the molecule is CNc1ncnc(Nc2ccc(F)cc2)c1[N+](=O)[O-]. The van der Waals surface area contributed by atoms with Crippen molar-refractivity contribution in [2.24, 2.45) is 0 Å². The van der Waals surface area contributed by atoms with Gasteiger partial charge in [-0.2, -0.15) is 0 Å². The zero-order valence-electron chi connectivity index (χ0n) is 9.92. The van der Waals surface area contributed by atoms with Gasteiger partial charge in [0.05, 0.1) is 4.92 Å². The number of aromatic nitrogens is 2. The number of anilines is 3. The molecule has 2 rings (SSSR count). The molecule has 0 saturated carbocycles. The molecular weight excluding hydrogens is 253 g/mol. The number of hydrogen-bond donors (Lipinski definition) is 2. The standard InChI is InChI=1S/C11H10FN5O2/c1-13-10-9(17(18)19)11(15-6-14-10)16-8-4-2-7(12)3-5-8/h2-6H,1H3,(H2,13,14,15,16). The Hall–Kier alpha value is -2.77. The molecule has 2 aromatic rings. The molecule has 98 valence electrons. The molecule has 1 aromatic heterocycles. The van der Waals surface area contributed by atoms with E-state index < -0.39 is 10.7 Å². The van der Waals surface area contributed by atoms with E-state index in [0.717, 1.165) is 0 Å². The van der Waals surface area contributed by atoms with Crippen LogP contribution in [0, 0.1) is 15.9 Å². The molecule has 1 aromatic carbocycles. The molecule has 0 atom stereocenters. The molecule has 0 bridgehead atoms. The molecule has 8 heteroatoms. The fourth-order valence-corrected chi connectivity index (χ4v) is 1.50. The van der Waals surface area contributed by atoms with Crippen LogP contribution in [-0.4, -0.2) is 21.9 Å². The Labute approximate surface area is 107 Å². The summed E-state index contributed by atoms with van der Waals surface area (Å²) >= 11 is 0. The molecule has 0 aliphatic rings. The third kappa shape index (κ3) is 2.73. The van der Waals surface area contributed by atoms with Crippen LogP contribution in [-0.2, 0) is 0 Å². The fourth-order valence-electron chi connectivity index (χ4n) is 1.50. The van der Waals surface area contributed by atoms with Crippen LogP contribution >= 0.6 is 0 Å². The van der Waals surface area contributed by atoms with E-state index in [2.05, 4.69) is 20.6 Å². The van der Waals surface area contributed by atoms with Gasteiger partial charge >= 0.3 is 5.69 Å². The molecule has 0 radical (unpaired) electrons. The summed E-state index contributed by atoms with van der Waals surface area (Å²) in [4.78, 5) is 18.0. The van der Waals surface area contributed by atoms with Gasteiger partial charge in [-0.1, -0.05) is 0 Å². The van der Waals surface area contributed by atoms with Gasteiger partial charge in [-0.3, -0.25) is 10.1 Å². The quantitative estimate of drug-likeness (QED) is 0.649. The minimum atomic E-state index is -0.586. The summed E-state index contributed by atoms with van der Waals surface area (Å²) in [6, 6.07) is 5.41. The minimum Gasteiger partial charge on any atom is -0.367 e. The second-order valence-corrected chi connectivity index (χ2v) is 3.56. The first kappa shape index (κ1) is 12.7. The van der Waals surface area contributed by atoms with Crippen molar-refractivity contribution in [2.45, 2.75) is 0 Å². The lowest BCUT2D eigenvalue weighted by molar-refractivity contribution is -0.383. The van der Waals surface area contributed by atoms with Crippen LogP contribution in [0.25, 0.3) is 0 Å². The smallest absolute Gasteiger partial charge is 0.353 e. The van der Waals surface area contributed by atoms with E-state index in [0.29, 0.717) is 5.69 Å². The highest BCUT2D eigenvalue weighted by Crippen LogP contribution is 2.30. The summed E-state index contributed by atoms with van der Waals surface area (Å²) in [6.07, 6.45) is 1.20. The predicted octanol–water partition coefficient (Wildman–Crippen LogP) is 2.31. The summed E-state index contributed by atoms with van der Waals surface area (Å²) in [7, 11) is 1.52. The molecule has 7 nitrogen and oxygen atoms in total. The number of hydrogen-bond acceptors (Lipinski definition) is 6. The van der Waals surface area contributed by atoms with Gasteiger partial charge < -0.3 is 10.6 Å². The first-order chi connectivity index (χ1) is 9.11. The Morgan fingerprint density at radius 1 is 1.21 bits per heavy atom. The molecule has 0 aliphatic carbocycles. The zero-order valence-corrected chi connectivity index (χ0v) is 9.92. The van der Waals surface area contributed by atoms with E-state index in [1.165, 1.54) is 37.6 Å². The van der Waals surface area contributed by atoms with Crippen LogP contribution in [0.2, 0.25) is 0 Å². The van der Waals surface area contributed by atoms with Gasteiger partial charge in [-0.25, -0.2) is 14.4 Å². The number of nitro groups is 1. The highest BCUT2D eigenvalue weighted by molar-refractivity contribution is 5.73. The van der Waals surface area contributed by atoms with Crippen LogP contribution in [0.1, 0.15) is 0 Å². The third-order valence-corrected chi connectivity index (χ3v) is 2.35. The van der Waals surface area contributed by atoms with Crippen LogP contribution in [0.4, 0.5) is 27.4 Å². The Bertz CT molecular complexity index is 603. The molecule has 0 amide bonds. The monoisotopic (exact) mass is 263 g/mol. The zero-order chi connectivity index (χ0) is 13.8. The van der Waals surface area contributed by atoms with Crippen molar-refractivity contribution in [2.75, 3.05) is 17.7 Å². The van der Waals surface area contributed by atoms with Crippen molar-refractivity contribution < 1.29 is 9.31 Å². The molecule has 0 aliphatic heterocycles. The van der Waals surface area contributed by atoms with E-state index >= 15 is 0 Å². The third-order valence-electron chi connectivity index (χ3n) is 2.35. The first-order valence-corrected chi connectivity index (χ1v) is 5.31. The van der Waals surface area contributed by atoms with Gasteiger partial charge in [0.25, 0.3) is 0 Å². The Kier molecular flexibility index (Phi) is 3.51. The topological polar surface area (TPSA) is 93.0 Å². The summed E-state index contributed by atoms with van der Waals surface area (Å²) in [6.45, 7) is 0. The molecule has 1 heterocycles. The van der Waals surface area contributed by atoms with E-state index in [1.807, 2.05) is 0 Å². The van der Waals surface area contributed by atoms with Crippen molar-refractivity contribution >= 4 is 23.0 Å². The minimum absolute atomic E-state index is 0.0379. The fraction of sp³-hybridized carbons (Fsp3) is 0.0909. The van der Waals surface area contributed by atoms with Crippen LogP contribution < -0.4 is 10.6 Å². The van der Waals surface area contributed by atoms with Crippen molar-refractivity contribution in [3.8, 4) is 0 Å². The van der Waals surface area contributed by atoms with E-state index in [-0.39, 0.29) is 17.3 Å². The van der Waals surface area contributed by atoms with Gasteiger partial charge in [-0.15, -0.1) is 0 Å². The maximum absolute atomic E-state index is 12.8. The summed E-state index contributed by atoms with van der Waals surface area (Å²) < 4.78 is 12.8. The molecule has 19 heavy (non-hydrogen) atoms. The number of rotatable bonds is 4. The molecular formula is C11H10FN5O2. The Morgan fingerprint density at radius 2 is 1.84 bits per heavy atom. The Balaban J connectivity index is 2.39. The first-order valence-electron chi connectivity index (χ1n) is 5.31. The lowest BCUT2D eigenvalue weighted by Crippen LogP contribution is -2.05. The van der Waals surface area contributed by atoms with Crippen LogP contribution in [0.3, 0.4) is 0 Å². The van der Waals surface area contributed by atoms with Crippen molar-refractivity contribution in [3.05, 3.63) is 46.5 Å². The summed E-state index contributed by atoms with van der Waals surface area (Å²) in [5.41, 5.74) is 0.222. The van der Waals surface area contributed by atoms with E-state index in [4.69, 9.17) is 0 Å². The van der Waals surface area contributed by atoms with Crippen molar-refractivity contribution in [3.63, 3.8) is 0 Å². The Morgan fingerprint density at radius 3 is 2.42 bits per heavy atom. The van der Waals surface area contributed by atoms with Gasteiger partial charge in [-0.05, 0) is 24.3 Å². The molecule has 2 N–H and O–H groups in total. The van der Waals surface area contributed by atoms with E-state index in [9.17, 15) is 14.5 Å². The second-order valence-electron chi connectivity index (χ2n) is 3.56. The normalized spacial score (nSPS) is 10.0. The number of benzene rings is 1. The lowest BCUT2D eigenvalue weighted by atomic mass is 10.3. The molecule has 0 spiro atoms. The van der Waals surface area contributed by atoms with Crippen LogP contribution in [0.15, 0.2) is 30.6 Å². The average molecular weight is 263 g/mol. The number of nitrogens with zero attached hydrogens (tertiary/aromatic N) is 3. The van der Waals surface area contributed by atoms with Gasteiger partial charge in [0.1, 0.15) is 12.1 Å². The van der Waals surface area contributed by atoms with Gasteiger partial charge in [0.15, 0.2) is 0 Å². The highest BCUT2D eigenvalue weighted by Gasteiger charge is 2.22. The van der Waals surface area contributed by atoms with Crippen molar-refractivity contribution in [1.82, 2.24) is 9.97 Å².